The molecular formula is C15H20N4S. The van der Waals surface area contributed by atoms with Gasteiger partial charge in [-0.05, 0) is 36.2 Å². The number of aryl methyl sites for hydroxylation is 2. The standard InChI is InChI=1S/C15H20N4S/c1-3-5-6-14-17-18-15(20)19(14)16-11-13-9-7-12(4-2)8-10-13/h7-11H,3-6H2,1-2H3,(H,18,20)/b16-11+. The van der Waals surface area contributed by atoms with Crippen LogP contribution in [0.1, 0.15) is 43.6 Å². The van der Waals surface area contributed by atoms with Crippen molar-refractivity contribution in [3.05, 3.63) is 46.0 Å². The number of hydrogen-bond acceptors (Lipinski definition) is 3. The van der Waals surface area contributed by atoms with E-state index in [1.807, 2.05) is 6.21 Å². The van der Waals surface area contributed by atoms with Crippen molar-refractivity contribution in [1.29, 1.82) is 0 Å². The van der Waals surface area contributed by atoms with Crippen LogP contribution in [0.2, 0.25) is 0 Å². The van der Waals surface area contributed by atoms with E-state index in [1.54, 1.807) is 4.68 Å². The van der Waals surface area contributed by atoms with Gasteiger partial charge >= 0.3 is 0 Å². The molecule has 1 aromatic heterocycles. The van der Waals surface area contributed by atoms with Gasteiger partial charge in [-0.15, -0.1) is 0 Å². The minimum absolute atomic E-state index is 0.539. The average molecular weight is 288 g/mol. The fourth-order valence-electron chi connectivity index (χ4n) is 1.90. The number of nitrogens with one attached hydrogen (secondary N) is 1. The Labute approximate surface area is 124 Å². The quantitative estimate of drug-likeness (QED) is 0.650. The van der Waals surface area contributed by atoms with E-state index in [4.69, 9.17) is 12.2 Å². The Morgan fingerprint density at radius 1 is 1.30 bits per heavy atom. The lowest BCUT2D eigenvalue weighted by Crippen LogP contribution is -1.99. The van der Waals surface area contributed by atoms with E-state index in [0.717, 1.165) is 37.1 Å². The molecule has 1 aromatic carbocycles. The topological polar surface area (TPSA) is 46.0 Å². The van der Waals surface area contributed by atoms with E-state index < -0.39 is 0 Å². The predicted molar refractivity (Wildman–Crippen MR) is 84.8 cm³/mol. The van der Waals surface area contributed by atoms with Gasteiger partial charge in [0.15, 0.2) is 5.82 Å². The van der Waals surface area contributed by atoms with E-state index in [0.29, 0.717) is 4.77 Å². The van der Waals surface area contributed by atoms with E-state index in [-0.39, 0.29) is 0 Å². The molecule has 0 radical (unpaired) electrons. The maximum atomic E-state index is 5.21. The molecular weight excluding hydrogens is 268 g/mol. The zero-order valence-electron chi connectivity index (χ0n) is 12.0. The molecule has 1 N–H and O–H groups in total. The predicted octanol–water partition coefficient (Wildman–Crippen LogP) is 3.73. The smallest absolute Gasteiger partial charge is 0.216 e. The third-order valence-electron chi connectivity index (χ3n) is 3.18. The van der Waals surface area contributed by atoms with Crippen LogP contribution in [0.15, 0.2) is 29.4 Å². The molecule has 106 valence electrons. The van der Waals surface area contributed by atoms with Gasteiger partial charge in [0.05, 0.1) is 6.21 Å². The van der Waals surface area contributed by atoms with E-state index >= 15 is 0 Å². The van der Waals surface area contributed by atoms with Crippen molar-refractivity contribution < 1.29 is 0 Å². The van der Waals surface area contributed by atoms with Crippen LogP contribution in [0.25, 0.3) is 0 Å². The third kappa shape index (κ3) is 3.63. The van der Waals surface area contributed by atoms with Crippen molar-refractivity contribution in [3.8, 4) is 0 Å². The first-order valence-corrected chi connectivity index (χ1v) is 7.45. The van der Waals surface area contributed by atoms with Crippen molar-refractivity contribution in [1.82, 2.24) is 14.9 Å². The molecule has 2 aromatic rings. The maximum absolute atomic E-state index is 5.21. The summed E-state index contributed by atoms with van der Waals surface area (Å²) < 4.78 is 2.25. The lowest BCUT2D eigenvalue weighted by Gasteiger charge is -2.00. The van der Waals surface area contributed by atoms with Crippen LogP contribution in [-0.4, -0.2) is 21.1 Å². The number of hydrogen-bond donors (Lipinski definition) is 1. The summed E-state index contributed by atoms with van der Waals surface area (Å²) in [5.74, 6) is 0.887. The SMILES string of the molecule is CCCCc1n[nH]c(=S)n1/N=C/c1ccc(CC)cc1. The van der Waals surface area contributed by atoms with Gasteiger partial charge in [-0.3, -0.25) is 5.10 Å². The fraction of sp³-hybridized carbons (Fsp3) is 0.400. The van der Waals surface area contributed by atoms with Crippen LogP contribution in [0.5, 0.6) is 0 Å². The lowest BCUT2D eigenvalue weighted by atomic mass is 10.1. The molecule has 20 heavy (non-hydrogen) atoms. The number of unbranched alkanes of at least 4 members (excludes halogenated alkanes) is 1. The fourth-order valence-corrected chi connectivity index (χ4v) is 2.10. The van der Waals surface area contributed by atoms with Gasteiger partial charge in [-0.2, -0.15) is 14.9 Å². The Kier molecular flexibility index (Phi) is 5.24. The molecule has 5 heteroatoms. The first kappa shape index (κ1) is 14.7. The molecule has 0 aliphatic carbocycles. The highest BCUT2D eigenvalue weighted by molar-refractivity contribution is 7.71. The number of aromatic amines is 1. The van der Waals surface area contributed by atoms with Crippen molar-refractivity contribution >= 4 is 18.4 Å². The maximum Gasteiger partial charge on any atom is 0.216 e. The summed E-state index contributed by atoms with van der Waals surface area (Å²) in [5, 5.41) is 11.5. The lowest BCUT2D eigenvalue weighted by molar-refractivity contribution is 0.700. The second kappa shape index (κ2) is 7.14. The Hall–Kier alpha value is -1.75. The minimum atomic E-state index is 0.539. The van der Waals surface area contributed by atoms with Gasteiger partial charge in [0.2, 0.25) is 4.77 Å². The van der Waals surface area contributed by atoms with Crippen LogP contribution in [0.4, 0.5) is 0 Å². The molecule has 0 amide bonds. The number of nitrogens with zero attached hydrogens (tertiary/aromatic N) is 3. The zero-order chi connectivity index (χ0) is 14.4. The summed E-state index contributed by atoms with van der Waals surface area (Å²) in [7, 11) is 0. The Morgan fingerprint density at radius 2 is 2.05 bits per heavy atom. The van der Waals surface area contributed by atoms with Gasteiger partial charge in [-0.1, -0.05) is 44.5 Å². The highest BCUT2D eigenvalue weighted by atomic mass is 32.1. The molecule has 0 fully saturated rings. The van der Waals surface area contributed by atoms with E-state index in [2.05, 4.69) is 53.4 Å². The van der Waals surface area contributed by atoms with Crippen LogP contribution in [0, 0.1) is 4.77 Å². The minimum Gasteiger partial charge on any atom is -0.250 e. The highest BCUT2D eigenvalue weighted by Crippen LogP contribution is 2.05. The second-order valence-corrected chi connectivity index (χ2v) is 5.09. The molecule has 2 rings (SSSR count). The summed E-state index contributed by atoms with van der Waals surface area (Å²) in [6.07, 6.45) is 5.96. The van der Waals surface area contributed by atoms with Crippen molar-refractivity contribution in [2.24, 2.45) is 5.10 Å². The first-order chi connectivity index (χ1) is 9.74. The van der Waals surface area contributed by atoms with Gasteiger partial charge in [0, 0.05) is 6.42 Å². The number of H-pyrrole nitrogens is 1. The Morgan fingerprint density at radius 3 is 2.70 bits per heavy atom. The van der Waals surface area contributed by atoms with Crippen LogP contribution >= 0.6 is 12.2 Å². The van der Waals surface area contributed by atoms with Crippen molar-refractivity contribution in [3.63, 3.8) is 0 Å². The van der Waals surface area contributed by atoms with E-state index in [1.165, 1.54) is 5.56 Å². The van der Waals surface area contributed by atoms with Crippen LogP contribution in [-0.2, 0) is 12.8 Å². The molecule has 0 aliphatic rings. The van der Waals surface area contributed by atoms with Gasteiger partial charge in [0.25, 0.3) is 0 Å². The number of aromatic nitrogens is 3. The molecule has 0 aliphatic heterocycles. The summed E-state index contributed by atoms with van der Waals surface area (Å²) >= 11 is 5.21. The van der Waals surface area contributed by atoms with Gasteiger partial charge < -0.3 is 0 Å². The highest BCUT2D eigenvalue weighted by Gasteiger charge is 2.03. The first-order valence-electron chi connectivity index (χ1n) is 7.04. The molecule has 0 unspecified atom stereocenters. The Balaban J connectivity index is 2.17. The molecule has 0 atom stereocenters. The molecule has 4 nitrogen and oxygen atoms in total. The number of rotatable bonds is 6. The monoisotopic (exact) mass is 288 g/mol. The van der Waals surface area contributed by atoms with E-state index in [9.17, 15) is 0 Å². The number of benzene rings is 1. The molecule has 0 saturated carbocycles. The largest absolute Gasteiger partial charge is 0.250 e. The molecule has 0 spiro atoms. The summed E-state index contributed by atoms with van der Waals surface area (Å²) in [6, 6.07) is 8.37. The van der Waals surface area contributed by atoms with Crippen LogP contribution < -0.4 is 0 Å². The third-order valence-corrected chi connectivity index (χ3v) is 3.45. The Bertz CT molecular complexity index is 622. The van der Waals surface area contributed by atoms with Gasteiger partial charge in [-0.25, -0.2) is 0 Å². The second-order valence-electron chi connectivity index (χ2n) is 4.70. The van der Waals surface area contributed by atoms with Gasteiger partial charge in [0.1, 0.15) is 0 Å². The van der Waals surface area contributed by atoms with Crippen molar-refractivity contribution in [2.75, 3.05) is 0 Å². The molecule has 0 saturated heterocycles. The molecule has 0 bridgehead atoms. The normalized spacial score (nSPS) is 11.3. The summed E-state index contributed by atoms with van der Waals surface area (Å²) in [4.78, 5) is 0. The summed E-state index contributed by atoms with van der Waals surface area (Å²) in [5.41, 5.74) is 2.39. The summed E-state index contributed by atoms with van der Waals surface area (Å²) in [6.45, 7) is 4.30. The average Bonchev–Trinajstić information content (AvgIpc) is 2.84. The zero-order valence-corrected chi connectivity index (χ0v) is 12.8. The van der Waals surface area contributed by atoms with Crippen LogP contribution in [0.3, 0.4) is 0 Å². The van der Waals surface area contributed by atoms with Crippen molar-refractivity contribution in [2.45, 2.75) is 39.5 Å². The molecule has 1 heterocycles.